The molecule has 0 bridgehead atoms. The molecule has 6 nitrogen and oxygen atoms in total. The molecule has 2 heterocycles. The predicted octanol–water partition coefficient (Wildman–Crippen LogP) is 0.101. The molecule has 1 amide bonds. The number of hydrogen-bond acceptors (Lipinski definition) is 5. The Morgan fingerprint density at radius 3 is 3.00 bits per heavy atom. The smallest absolute Gasteiger partial charge is 0.248 e. The fourth-order valence-corrected chi connectivity index (χ4v) is 2.24. The van der Waals surface area contributed by atoms with Gasteiger partial charge < -0.3 is 24.8 Å². The van der Waals surface area contributed by atoms with E-state index in [1.165, 1.54) is 0 Å². The lowest BCUT2D eigenvalue weighted by atomic mass is 10.1. The van der Waals surface area contributed by atoms with Crippen LogP contribution in [0, 0.1) is 0 Å². The van der Waals surface area contributed by atoms with Gasteiger partial charge in [-0.15, -0.1) is 0 Å². The van der Waals surface area contributed by atoms with Gasteiger partial charge in [0.05, 0.1) is 6.10 Å². The van der Waals surface area contributed by atoms with Crippen LogP contribution in [0.4, 0.5) is 0 Å². The third-order valence-corrected chi connectivity index (χ3v) is 3.29. The van der Waals surface area contributed by atoms with Gasteiger partial charge in [0, 0.05) is 19.6 Å². The van der Waals surface area contributed by atoms with Crippen LogP contribution in [-0.2, 0) is 16.1 Å². The van der Waals surface area contributed by atoms with E-state index in [1.807, 2.05) is 18.2 Å². The van der Waals surface area contributed by atoms with E-state index >= 15 is 0 Å². The summed E-state index contributed by atoms with van der Waals surface area (Å²) in [6, 6.07) is 5.71. The lowest BCUT2D eigenvalue weighted by Gasteiger charge is -2.32. The first-order valence-corrected chi connectivity index (χ1v) is 6.24. The maximum atomic E-state index is 11.8. The number of hydrogen-bond donors (Lipinski definition) is 1. The van der Waals surface area contributed by atoms with E-state index in [1.54, 1.807) is 4.90 Å². The minimum atomic E-state index is -0.0771. The summed E-state index contributed by atoms with van der Waals surface area (Å²) in [5, 5.41) is 0. The van der Waals surface area contributed by atoms with Crippen LogP contribution in [-0.4, -0.2) is 43.4 Å². The first-order chi connectivity index (χ1) is 9.26. The van der Waals surface area contributed by atoms with Gasteiger partial charge in [-0.1, -0.05) is 6.07 Å². The molecule has 1 atom stereocenters. The minimum absolute atomic E-state index is 0.0117. The number of morpholine rings is 1. The molecule has 2 N–H and O–H groups in total. The molecule has 1 fully saturated rings. The van der Waals surface area contributed by atoms with Gasteiger partial charge >= 0.3 is 0 Å². The largest absolute Gasteiger partial charge is 0.454 e. The molecule has 102 valence electrons. The summed E-state index contributed by atoms with van der Waals surface area (Å²) in [6.45, 7) is 1.85. The summed E-state index contributed by atoms with van der Waals surface area (Å²) >= 11 is 0. The molecule has 2 aliphatic rings. The molecule has 0 radical (unpaired) electrons. The molecule has 0 aliphatic carbocycles. The van der Waals surface area contributed by atoms with Gasteiger partial charge in [-0.25, -0.2) is 0 Å². The lowest BCUT2D eigenvalue weighted by Crippen LogP contribution is -2.48. The van der Waals surface area contributed by atoms with Crippen LogP contribution in [0.2, 0.25) is 0 Å². The normalized spacial score (nSPS) is 21.8. The molecule has 1 unspecified atom stereocenters. The number of rotatable bonds is 3. The van der Waals surface area contributed by atoms with E-state index in [0.29, 0.717) is 19.6 Å². The highest BCUT2D eigenvalue weighted by Gasteiger charge is 2.25. The highest BCUT2D eigenvalue weighted by molar-refractivity contribution is 5.78. The Balaban J connectivity index is 1.71. The molecule has 1 aromatic carbocycles. The van der Waals surface area contributed by atoms with Crippen molar-refractivity contribution in [1.82, 2.24) is 4.90 Å². The van der Waals surface area contributed by atoms with Gasteiger partial charge in [-0.2, -0.15) is 0 Å². The topological polar surface area (TPSA) is 74.0 Å². The summed E-state index contributed by atoms with van der Waals surface area (Å²) in [7, 11) is 0. The van der Waals surface area contributed by atoms with Gasteiger partial charge in [-0.3, -0.25) is 4.79 Å². The Labute approximate surface area is 111 Å². The quantitative estimate of drug-likeness (QED) is 0.838. The van der Waals surface area contributed by atoms with E-state index < -0.39 is 0 Å². The number of carbonyl (C=O) groups is 1. The van der Waals surface area contributed by atoms with Crippen molar-refractivity contribution in [3.05, 3.63) is 23.8 Å². The van der Waals surface area contributed by atoms with Crippen LogP contribution < -0.4 is 15.2 Å². The standard InChI is InChI=1S/C13H16N2O4/c14-4-10-6-15(13(16)7-17-10)5-9-1-2-11-12(3-9)19-8-18-11/h1-3,10H,4-8,14H2. The van der Waals surface area contributed by atoms with Crippen molar-refractivity contribution in [2.24, 2.45) is 5.73 Å². The average Bonchev–Trinajstić information content (AvgIpc) is 2.89. The van der Waals surface area contributed by atoms with Gasteiger partial charge in [-0.05, 0) is 17.7 Å². The van der Waals surface area contributed by atoms with Crippen LogP contribution >= 0.6 is 0 Å². The number of nitrogens with two attached hydrogens (primary N) is 1. The fraction of sp³-hybridized carbons (Fsp3) is 0.462. The zero-order chi connectivity index (χ0) is 13.2. The van der Waals surface area contributed by atoms with Crippen molar-refractivity contribution < 1.29 is 19.0 Å². The Morgan fingerprint density at radius 2 is 2.16 bits per heavy atom. The van der Waals surface area contributed by atoms with E-state index in [2.05, 4.69) is 0 Å². The highest BCUT2D eigenvalue weighted by atomic mass is 16.7. The first-order valence-electron chi connectivity index (χ1n) is 6.24. The molecule has 1 aromatic rings. The van der Waals surface area contributed by atoms with E-state index in [4.69, 9.17) is 19.9 Å². The summed E-state index contributed by atoms with van der Waals surface area (Å²) in [5.74, 6) is 1.47. The van der Waals surface area contributed by atoms with Crippen molar-refractivity contribution >= 4 is 5.91 Å². The molecule has 0 spiro atoms. The van der Waals surface area contributed by atoms with E-state index in [0.717, 1.165) is 17.1 Å². The van der Waals surface area contributed by atoms with Crippen molar-refractivity contribution in [2.75, 3.05) is 26.5 Å². The van der Waals surface area contributed by atoms with E-state index in [-0.39, 0.29) is 25.4 Å². The van der Waals surface area contributed by atoms with Gasteiger partial charge in [0.2, 0.25) is 12.7 Å². The Morgan fingerprint density at radius 1 is 1.32 bits per heavy atom. The fourth-order valence-electron chi connectivity index (χ4n) is 2.24. The second-order valence-corrected chi connectivity index (χ2v) is 4.63. The molecule has 0 aromatic heterocycles. The SMILES string of the molecule is NCC1CN(Cc2ccc3c(c2)OCO3)C(=O)CO1. The van der Waals surface area contributed by atoms with Crippen LogP contribution in [0.1, 0.15) is 5.56 Å². The number of fused-ring (bicyclic) bond motifs is 1. The van der Waals surface area contributed by atoms with Crippen molar-refractivity contribution in [3.8, 4) is 11.5 Å². The molecule has 0 saturated carbocycles. The zero-order valence-electron chi connectivity index (χ0n) is 10.5. The molecule has 19 heavy (non-hydrogen) atoms. The number of carbonyl (C=O) groups excluding carboxylic acids is 1. The third kappa shape index (κ3) is 2.50. The summed E-state index contributed by atoms with van der Waals surface area (Å²) < 4.78 is 15.9. The summed E-state index contributed by atoms with van der Waals surface area (Å²) in [4.78, 5) is 13.6. The zero-order valence-corrected chi connectivity index (χ0v) is 10.5. The maximum absolute atomic E-state index is 11.8. The van der Waals surface area contributed by atoms with Gasteiger partial charge in [0.1, 0.15) is 6.61 Å². The molecule has 2 aliphatic heterocycles. The van der Waals surface area contributed by atoms with Crippen molar-refractivity contribution in [1.29, 1.82) is 0 Å². The van der Waals surface area contributed by atoms with Gasteiger partial charge in [0.25, 0.3) is 0 Å². The summed E-state index contributed by atoms with van der Waals surface area (Å²) in [6.07, 6.45) is -0.0771. The number of nitrogens with zero attached hydrogens (tertiary/aromatic N) is 1. The number of ether oxygens (including phenoxy) is 3. The second-order valence-electron chi connectivity index (χ2n) is 4.63. The molecular formula is C13H16N2O4. The summed E-state index contributed by atoms with van der Waals surface area (Å²) in [5.41, 5.74) is 6.59. The molecular weight excluding hydrogens is 248 g/mol. The lowest BCUT2D eigenvalue weighted by molar-refractivity contribution is -0.149. The Kier molecular flexibility index (Phi) is 3.27. The third-order valence-electron chi connectivity index (χ3n) is 3.29. The van der Waals surface area contributed by atoms with Crippen LogP contribution in [0.25, 0.3) is 0 Å². The first kappa shape index (κ1) is 12.3. The molecule has 3 rings (SSSR count). The number of benzene rings is 1. The van der Waals surface area contributed by atoms with Crippen molar-refractivity contribution in [3.63, 3.8) is 0 Å². The number of amides is 1. The monoisotopic (exact) mass is 264 g/mol. The molecule has 6 heteroatoms. The molecule has 1 saturated heterocycles. The Bertz CT molecular complexity index is 492. The highest BCUT2D eigenvalue weighted by Crippen LogP contribution is 2.32. The maximum Gasteiger partial charge on any atom is 0.248 e. The van der Waals surface area contributed by atoms with Gasteiger partial charge in [0.15, 0.2) is 11.5 Å². The van der Waals surface area contributed by atoms with Crippen molar-refractivity contribution in [2.45, 2.75) is 12.6 Å². The second kappa shape index (κ2) is 5.07. The average molecular weight is 264 g/mol. The van der Waals surface area contributed by atoms with Crippen LogP contribution in [0.15, 0.2) is 18.2 Å². The van der Waals surface area contributed by atoms with Crippen LogP contribution in [0.3, 0.4) is 0 Å². The predicted molar refractivity (Wildman–Crippen MR) is 66.8 cm³/mol. The minimum Gasteiger partial charge on any atom is -0.454 e. The van der Waals surface area contributed by atoms with E-state index in [9.17, 15) is 4.79 Å². The van der Waals surface area contributed by atoms with Crippen LogP contribution in [0.5, 0.6) is 11.5 Å². The Hall–Kier alpha value is -1.79.